The first-order valence-corrected chi connectivity index (χ1v) is 10.7. The average Bonchev–Trinajstić information content (AvgIpc) is 3.34. The average molecular weight is 474 g/mol. The minimum absolute atomic E-state index is 0.627. The molecule has 0 aliphatic heterocycles. The molecular formula is C25H14BrClN2O. The molecule has 0 fully saturated rings. The lowest BCUT2D eigenvalue weighted by molar-refractivity contribution is 0.623. The van der Waals surface area contributed by atoms with Gasteiger partial charge in [-0.3, -0.25) is 0 Å². The van der Waals surface area contributed by atoms with Crippen LogP contribution in [0.5, 0.6) is 0 Å². The number of hydrogen-bond donors (Lipinski definition) is 0. The molecule has 0 N–H and O–H groups in total. The zero-order chi connectivity index (χ0) is 20.2. The Morgan fingerprint density at radius 1 is 0.833 bits per heavy atom. The number of hydrogen-bond acceptors (Lipinski definition) is 2. The number of oxazole rings is 1. The van der Waals surface area contributed by atoms with Crippen molar-refractivity contribution in [2.45, 2.75) is 0 Å². The highest BCUT2D eigenvalue weighted by atomic mass is 79.9. The number of para-hydroxylation sites is 1. The van der Waals surface area contributed by atoms with E-state index in [1.807, 2.05) is 54.6 Å². The standard InChI is InChI=1S/C25H14BrClN2O/c26-18-14-16(27)10-12-21(18)29-20-9-5-4-8-17(20)23-22(29)13-11-19-24(23)30-25(28-19)15-6-2-1-3-7-15/h1-14H. The predicted molar refractivity (Wildman–Crippen MR) is 126 cm³/mol. The van der Waals surface area contributed by atoms with Gasteiger partial charge in [0.1, 0.15) is 5.52 Å². The Morgan fingerprint density at radius 3 is 2.47 bits per heavy atom. The first-order chi connectivity index (χ1) is 14.7. The third-order valence-corrected chi connectivity index (χ3v) is 6.23. The Labute approximate surface area is 185 Å². The molecule has 0 atom stereocenters. The number of nitrogens with zero attached hydrogens (tertiary/aromatic N) is 2. The summed E-state index contributed by atoms with van der Waals surface area (Å²) in [5.41, 5.74) is 5.78. The van der Waals surface area contributed by atoms with Crippen LogP contribution < -0.4 is 0 Å². The van der Waals surface area contributed by atoms with Gasteiger partial charge in [0.25, 0.3) is 0 Å². The van der Waals surface area contributed by atoms with E-state index in [4.69, 9.17) is 21.0 Å². The Balaban J connectivity index is 1.74. The molecule has 0 aliphatic rings. The highest BCUT2D eigenvalue weighted by Gasteiger charge is 2.19. The molecule has 2 aromatic heterocycles. The van der Waals surface area contributed by atoms with Crippen molar-refractivity contribution < 1.29 is 4.42 Å². The van der Waals surface area contributed by atoms with Gasteiger partial charge < -0.3 is 8.98 Å². The van der Waals surface area contributed by atoms with Crippen LogP contribution in [0.15, 0.2) is 93.8 Å². The monoisotopic (exact) mass is 472 g/mol. The largest absolute Gasteiger partial charge is 0.435 e. The number of rotatable bonds is 2. The minimum atomic E-state index is 0.627. The fraction of sp³-hybridized carbons (Fsp3) is 0. The summed E-state index contributed by atoms with van der Waals surface area (Å²) in [4.78, 5) is 4.75. The molecule has 0 unspecified atom stereocenters. The predicted octanol–water partition coefficient (Wildman–Crippen LogP) is 8.01. The lowest BCUT2D eigenvalue weighted by Gasteiger charge is -2.10. The lowest BCUT2D eigenvalue weighted by atomic mass is 10.1. The van der Waals surface area contributed by atoms with Crippen molar-refractivity contribution in [3.05, 3.63) is 94.4 Å². The van der Waals surface area contributed by atoms with Crippen molar-refractivity contribution in [2.24, 2.45) is 0 Å². The lowest BCUT2D eigenvalue weighted by Crippen LogP contribution is -1.94. The summed E-state index contributed by atoms with van der Waals surface area (Å²) in [6.45, 7) is 0. The molecule has 3 nitrogen and oxygen atoms in total. The number of aromatic nitrogens is 2. The third kappa shape index (κ3) is 2.61. The first-order valence-electron chi connectivity index (χ1n) is 9.54. The Hall–Kier alpha value is -3.08. The zero-order valence-corrected chi connectivity index (χ0v) is 18.0. The molecule has 0 amide bonds. The van der Waals surface area contributed by atoms with Crippen molar-refractivity contribution >= 4 is 60.4 Å². The van der Waals surface area contributed by atoms with E-state index in [-0.39, 0.29) is 0 Å². The fourth-order valence-corrected chi connectivity index (χ4v) is 4.92. The van der Waals surface area contributed by atoms with E-state index in [9.17, 15) is 0 Å². The van der Waals surface area contributed by atoms with Crippen LogP contribution in [0.3, 0.4) is 0 Å². The highest BCUT2D eigenvalue weighted by Crippen LogP contribution is 2.39. The minimum Gasteiger partial charge on any atom is -0.435 e. The molecule has 0 saturated heterocycles. The molecule has 0 aliphatic carbocycles. The molecule has 5 heteroatoms. The number of fused-ring (bicyclic) bond motifs is 5. The van der Waals surface area contributed by atoms with Crippen LogP contribution in [-0.2, 0) is 0 Å². The second-order valence-corrected chi connectivity index (χ2v) is 8.43. The molecule has 144 valence electrons. The smallest absolute Gasteiger partial charge is 0.227 e. The van der Waals surface area contributed by atoms with Crippen LogP contribution in [-0.4, -0.2) is 9.55 Å². The quantitative estimate of drug-likeness (QED) is 0.255. The van der Waals surface area contributed by atoms with Gasteiger partial charge in [0.15, 0.2) is 5.58 Å². The second kappa shape index (κ2) is 6.73. The Morgan fingerprint density at radius 2 is 1.63 bits per heavy atom. The van der Waals surface area contributed by atoms with Crippen LogP contribution in [0.25, 0.3) is 50.0 Å². The van der Waals surface area contributed by atoms with Gasteiger partial charge in [0.2, 0.25) is 5.89 Å². The summed E-state index contributed by atoms with van der Waals surface area (Å²) in [6, 6.07) is 28.3. The highest BCUT2D eigenvalue weighted by molar-refractivity contribution is 9.10. The van der Waals surface area contributed by atoms with Gasteiger partial charge in [-0.1, -0.05) is 48.0 Å². The summed E-state index contributed by atoms with van der Waals surface area (Å²) >= 11 is 9.87. The summed E-state index contributed by atoms with van der Waals surface area (Å²) in [6.07, 6.45) is 0. The molecule has 0 radical (unpaired) electrons. The third-order valence-electron chi connectivity index (χ3n) is 5.36. The van der Waals surface area contributed by atoms with Crippen LogP contribution in [0.4, 0.5) is 0 Å². The summed E-state index contributed by atoms with van der Waals surface area (Å²) in [5, 5.41) is 2.87. The van der Waals surface area contributed by atoms with E-state index in [1.165, 1.54) is 0 Å². The van der Waals surface area contributed by atoms with Crippen molar-refractivity contribution in [1.82, 2.24) is 9.55 Å². The van der Waals surface area contributed by atoms with Gasteiger partial charge in [-0.25, -0.2) is 4.98 Å². The molecule has 0 bridgehead atoms. The van der Waals surface area contributed by atoms with Gasteiger partial charge in [-0.2, -0.15) is 0 Å². The molecule has 0 spiro atoms. The summed E-state index contributed by atoms with van der Waals surface area (Å²) < 4.78 is 9.48. The van der Waals surface area contributed by atoms with E-state index in [0.717, 1.165) is 48.6 Å². The van der Waals surface area contributed by atoms with E-state index in [2.05, 4.69) is 50.8 Å². The maximum atomic E-state index is 6.32. The normalized spacial score (nSPS) is 11.7. The van der Waals surface area contributed by atoms with Crippen molar-refractivity contribution in [3.8, 4) is 17.1 Å². The van der Waals surface area contributed by atoms with E-state index in [1.54, 1.807) is 0 Å². The summed E-state index contributed by atoms with van der Waals surface area (Å²) in [5.74, 6) is 0.627. The molecule has 6 aromatic rings. The van der Waals surface area contributed by atoms with Gasteiger partial charge >= 0.3 is 0 Å². The van der Waals surface area contributed by atoms with E-state index in [0.29, 0.717) is 10.9 Å². The summed E-state index contributed by atoms with van der Waals surface area (Å²) in [7, 11) is 0. The van der Waals surface area contributed by atoms with Crippen LogP contribution in [0, 0.1) is 0 Å². The van der Waals surface area contributed by atoms with Gasteiger partial charge in [-0.15, -0.1) is 0 Å². The Bertz CT molecular complexity index is 1570. The molecule has 0 saturated carbocycles. The van der Waals surface area contributed by atoms with Crippen molar-refractivity contribution in [3.63, 3.8) is 0 Å². The van der Waals surface area contributed by atoms with Crippen LogP contribution in [0.2, 0.25) is 5.02 Å². The van der Waals surface area contributed by atoms with Gasteiger partial charge in [0.05, 0.1) is 22.1 Å². The molecule has 6 rings (SSSR count). The van der Waals surface area contributed by atoms with Crippen LogP contribution in [0.1, 0.15) is 0 Å². The van der Waals surface area contributed by atoms with Gasteiger partial charge in [-0.05, 0) is 64.5 Å². The van der Waals surface area contributed by atoms with E-state index < -0.39 is 0 Å². The topological polar surface area (TPSA) is 31.0 Å². The molecule has 4 aromatic carbocycles. The van der Waals surface area contributed by atoms with Crippen molar-refractivity contribution in [1.29, 1.82) is 0 Å². The number of benzene rings is 4. The molecule has 2 heterocycles. The van der Waals surface area contributed by atoms with Crippen LogP contribution >= 0.6 is 27.5 Å². The fourth-order valence-electron chi connectivity index (χ4n) is 4.06. The van der Waals surface area contributed by atoms with Crippen molar-refractivity contribution in [2.75, 3.05) is 0 Å². The second-order valence-electron chi connectivity index (χ2n) is 7.14. The maximum Gasteiger partial charge on any atom is 0.227 e. The SMILES string of the molecule is Clc1ccc(-n2c3ccccc3c3c4oc(-c5ccccc5)nc4ccc32)c(Br)c1. The molecule has 30 heavy (non-hydrogen) atoms. The first kappa shape index (κ1) is 17.8. The molecular weight excluding hydrogens is 460 g/mol. The zero-order valence-electron chi connectivity index (χ0n) is 15.6. The Kier molecular flexibility index (Phi) is 3.98. The number of halogens is 2. The van der Waals surface area contributed by atoms with Gasteiger partial charge in [0, 0.05) is 20.4 Å². The maximum absolute atomic E-state index is 6.32. The van der Waals surface area contributed by atoms with E-state index >= 15 is 0 Å².